The summed E-state index contributed by atoms with van der Waals surface area (Å²) in [5.74, 6) is -2.05. The van der Waals surface area contributed by atoms with Gasteiger partial charge in [-0.05, 0) is 134 Å². The third-order valence-electron chi connectivity index (χ3n) is 11.0. The van der Waals surface area contributed by atoms with Crippen molar-refractivity contribution >= 4 is 7.82 Å². The Labute approximate surface area is 307 Å². The first kappa shape index (κ1) is 39.7. The minimum atomic E-state index is -5.20. The lowest BCUT2D eigenvalue weighted by molar-refractivity contribution is -0.144. The molecule has 4 aliphatic rings. The van der Waals surface area contributed by atoms with Gasteiger partial charge in [0.1, 0.15) is 5.75 Å². The SMILES string of the molecule is O=P1(O)Oc2c(Cc3cc(C(F)(F)F)cc(C(F)(F)F)c3)cc3c(c2[C@H]2C4=C(CCCC4)CC(Cc4cc(C(F)(F)F)cc(C(F)(F)F)c4)C2O1)CCCC3. The summed E-state index contributed by atoms with van der Waals surface area (Å²) in [6.07, 6.45) is -18.0. The van der Waals surface area contributed by atoms with Gasteiger partial charge in [-0.3, -0.25) is 9.42 Å². The number of rotatable bonds is 4. The molecule has 1 heterocycles. The molecule has 3 unspecified atom stereocenters. The molecule has 0 amide bonds. The first-order valence-electron chi connectivity index (χ1n) is 17.6. The van der Waals surface area contributed by atoms with Gasteiger partial charge >= 0.3 is 32.5 Å². The number of hydrogen-bond donors (Lipinski definition) is 1. The van der Waals surface area contributed by atoms with Crippen LogP contribution in [0.4, 0.5) is 52.7 Å². The molecule has 298 valence electrons. The van der Waals surface area contributed by atoms with Crippen LogP contribution in [0.3, 0.4) is 0 Å². The maximum Gasteiger partial charge on any atom is 0.527 e. The predicted molar refractivity (Wildman–Crippen MR) is 174 cm³/mol. The van der Waals surface area contributed by atoms with Crippen molar-refractivity contribution in [2.45, 2.75) is 107 Å². The predicted octanol–water partition coefficient (Wildman–Crippen LogP) is 12.3. The molecule has 1 N–H and O–H groups in total. The molecule has 0 aromatic heterocycles. The van der Waals surface area contributed by atoms with Crippen LogP contribution < -0.4 is 4.52 Å². The van der Waals surface area contributed by atoms with E-state index in [0.717, 1.165) is 17.6 Å². The highest BCUT2D eigenvalue weighted by Gasteiger charge is 2.50. The van der Waals surface area contributed by atoms with Gasteiger partial charge in [-0.25, -0.2) is 4.57 Å². The second kappa shape index (κ2) is 13.9. The van der Waals surface area contributed by atoms with Gasteiger partial charge in [-0.2, -0.15) is 52.7 Å². The fraction of sp³-hybridized carbons (Fsp3) is 0.474. The van der Waals surface area contributed by atoms with E-state index in [1.807, 2.05) is 0 Å². The molecule has 3 aliphatic carbocycles. The molecule has 0 saturated heterocycles. The van der Waals surface area contributed by atoms with E-state index in [1.165, 1.54) is 0 Å². The van der Waals surface area contributed by atoms with Gasteiger partial charge in [-0.15, -0.1) is 0 Å². The van der Waals surface area contributed by atoms with Crippen molar-refractivity contribution in [3.8, 4) is 5.75 Å². The lowest BCUT2D eigenvalue weighted by atomic mass is 9.64. The average molecular weight is 813 g/mol. The van der Waals surface area contributed by atoms with Gasteiger partial charge in [0.05, 0.1) is 28.4 Å². The standard InChI is InChI=1S/C38H33F12O4P/c39-35(40,41)25-11-19(12-26(17-25)36(42,43)44)9-23-15-21-5-1-3-7-29(21)31-32-30-8-4-2-6-22(30)16-24(34(32)54-55(51,52)53-33(23)31)10-20-13-27(37(45,46)47)18-28(14-20)38(48,49)50/h11-15,17-18,24,32,34H,1-10,16H2,(H,51,52)/t24?,32-,34?/m1/s1. The molecule has 0 bridgehead atoms. The number of aryl methyl sites for hydroxylation is 1. The number of fused-ring (bicyclic) bond motifs is 6. The van der Waals surface area contributed by atoms with Crippen LogP contribution in [0.2, 0.25) is 0 Å². The zero-order chi connectivity index (χ0) is 39.9. The van der Waals surface area contributed by atoms with Crippen molar-refractivity contribution < 1.29 is 71.2 Å². The molecule has 17 heteroatoms. The van der Waals surface area contributed by atoms with Gasteiger partial charge in [-0.1, -0.05) is 17.2 Å². The first-order chi connectivity index (χ1) is 25.5. The average Bonchev–Trinajstić information content (AvgIpc) is 3.20. The summed E-state index contributed by atoms with van der Waals surface area (Å²) in [6.45, 7) is 0. The second-order valence-electron chi connectivity index (χ2n) is 14.7. The highest BCUT2D eigenvalue weighted by atomic mass is 31.2. The molecule has 0 radical (unpaired) electrons. The van der Waals surface area contributed by atoms with Gasteiger partial charge in [0, 0.05) is 17.9 Å². The largest absolute Gasteiger partial charge is 0.527 e. The Hall–Kier alpha value is -3.49. The topological polar surface area (TPSA) is 55.8 Å². The van der Waals surface area contributed by atoms with E-state index >= 15 is 0 Å². The summed E-state index contributed by atoms with van der Waals surface area (Å²) in [5.41, 5.74) is -3.39. The number of phosphoric ester groups is 1. The molecular weight excluding hydrogens is 779 g/mol. The van der Waals surface area contributed by atoms with E-state index in [-0.39, 0.29) is 35.4 Å². The molecule has 1 aliphatic heterocycles. The Balaban J connectivity index is 1.41. The summed E-state index contributed by atoms with van der Waals surface area (Å²) < 4.78 is 191. The van der Waals surface area contributed by atoms with Crippen molar-refractivity contribution in [3.05, 3.63) is 109 Å². The lowest BCUT2D eigenvalue weighted by Crippen LogP contribution is -2.37. The summed E-state index contributed by atoms with van der Waals surface area (Å²) in [5, 5.41) is 0. The number of benzene rings is 3. The Morgan fingerprint density at radius 1 is 0.655 bits per heavy atom. The quantitative estimate of drug-likeness (QED) is 0.162. The fourth-order valence-corrected chi connectivity index (χ4v) is 9.89. The third kappa shape index (κ3) is 8.18. The van der Waals surface area contributed by atoms with E-state index in [4.69, 9.17) is 9.05 Å². The second-order valence-corrected chi connectivity index (χ2v) is 16.1. The van der Waals surface area contributed by atoms with E-state index in [1.54, 1.807) is 6.07 Å². The van der Waals surface area contributed by atoms with Crippen LogP contribution in [0, 0.1) is 5.92 Å². The van der Waals surface area contributed by atoms with E-state index in [9.17, 15) is 62.1 Å². The van der Waals surface area contributed by atoms with Gasteiger partial charge in [0.15, 0.2) is 0 Å². The fourth-order valence-electron chi connectivity index (χ4n) is 8.80. The molecule has 0 spiro atoms. The number of allylic oxidation sites excluding steroid dienone is 1. The highest BCUT2D eigenvalue weighted by Crippen LogP contribution is 2.62. The van der Waals surface area contributed by atoms with Crippen molar-refractivity contribution in [1.29, 1.82) is 0 Å². The Morgan fingerprint density at radius 3 is 1.73 bits per heavy atom. The van der Waals surface area contributed by atoms with Crippen molar-refractivity contribution in [2.24, 2.45) is 5.92 Å². The van der Waals surface area contributed by atoms with Crippen molar-refractivity contribution in [3.63, 3.8) is 0 Å². The minimum absolute atomic E-state index is 0.00492. The van der Waals surface area contributed by atoms with Crippen LogP contribution in [0.15, 0.2) is 53.6 Å². The number of hydrogen-bond acceptors (Lipinski definition) is 3. The molecule has 55 heavy (non-hydrogen) atoms. The summed E-state index contributed by atoms with van der Waals surface area (Å²) in [6, 6.07) is 3.92. The highest BCUT2D eigenvalue weighted by molar-refractivity contribution is 7.47. The molecule has 7 rings (SSSR count). The van der Waals surface area contributed by atoms with Crippen LogP contribution in [0.1, 0.15) is 106 Å². The monoisotopic (exact) mass is 812 g/mol. The van der Waals surface area contributed by atoms with Gasteiger partial charge in [0.25, 0.3) is 0 Å². The summed E-state index contributed by atoms with van der Waals surface area (Å²) in [4.78, 5) is 11.2. The van der Waals surface area contributed by atoms with Crippen LogP contribution in [0.25, 0.3) is 0 Å². The molecule has 3 aromatic rings. The van der Waals surface area contributed by atoms with Crippen LogP contribution >= 0.6 is 7.82 Å². The van der Waals surface area contributed by atoms with Crippen LogP contribution in [-0.2, 0) is 59.5 Å². The van der Waals surface area contributed by atoms with Gasteiger partial charge < -0.3 is 4.52 Å². The number of halogens is 12. The normalized spacial score (nSPS) is 24.6. The van der Waals surface area contributed by atoms with E-state index < -0.39 is 91.1 Å². The maximum absolute atomic E-state index is 13.8. The smallest absolute Gasteiger partial charge is 0.403 e. The Bertz CT molecular complexity index is 2010. The molecule has 3 aromatic carbocycles. The van der Waals surface area contributed by atoms with Crippen molar-refractivity contribution in [2.75, 3.05) is 0 Å². The Kier molecular flexibility index (Phi) is 10.0. The molecule has 0 saturated carbocycles. The van der Waals surface area contributed by atoms with Crippen LogP contribution in [-0.4, -0.2) is 11.0 Å². The molecular formula is C38H33F12O4P. The summed E-state index contributed by atoms with van der Waals surface area (Å²) >= 11 is 0. The lowest BCUT2D eigenvalue weighted by Gasteiger charge is -2.43. The maximum atomic E-state index is 13.8. The van der Waals surface area contributed by atoms with E-state index in [0.29, 0.717) is 85.9 Å². The zero-order valence-corrected chi connectivity index (χ0v) is 29.6. The van der Waals surface area contributed by atoms with Crippen molar-refractivity contribution in [1.82, 2.24) is 0 Å². The van der Waals surface area contributed by atoms with E-state index in [2.05, 4.69) is 0 Å². The number of alkyl halides is 12. The minimum Gasteiger partial charge on any atom is -0.403 e. The third-order valence-corrected chi connectivity index (χ3v) is 11.9. The summed E-state index contributed by atoms with van der Waals surface area (Å²) in [7, 11) is -5.20. The zero-order valence-electron chi connectivity index (χ0n) is 28.7. The van der Waals surface area contributed by atoms with Gasteiger partial charge in [0.2, 0.25) is 0 Å². The molecule has 4 atom stereocenters. The molecule has 0 fully saturated rings. The first-order valence-corrected chi connectivity index (χ1v) is 19.1. The number of phosphoric acid groups is 1. The molecule has 4 nitrogen and oxygen atoms in total. The van der Waals surface area contributed by atoms with Crippen LogP contribution in [0.5, 0.6) is 5.75 Å². The Morgan fingerprint density at radius 2 is 1.16 bits per heavy atom.